The molecular formula is C30H34N4O4. The van der Waals surface area contributed by atoms with Gasteiger partial charge in [-0.05, 0) is 42.0 Å². The van der Waals surface area contributed by atoms with E-state index in [-0.39, 0.29) is 11.8 Å². The maximum Gasteiger partial charge on any atom is 0.253 e. The summed E-state index contributed by atoms with van der Waals surface area (Å²) in [6.07, 6.45) is 3.24. The minimum absolute atomic E-state index is 0.208. The van der Waals surface area contributed by atoms with Gasteiger partial charge in [-0.1, -0.05) is 42.5 Å². The molecule has 8 nitrogen and oxygen atoms in total. The average molecular weight is 515 g/mol. The van der Waals surface area contributed by atoms with Crippen molar-refractivity contribution in [3.8, 4) is 5.75 Å². The number of rotatable bonds is 10. The fourth-order valence-corrected chi connectivity index (χ4v) is 4.43. The molecule has 0 spiro atoms. The Balaban J connectivity index is 1.49. The fraction of sp³-hybridized carbons (Fsp3) is 0.267. The van der Waals surface area contributed by atoms with Gasteiger partial charge in [0, 0.05) is 57.3 Å². The smallest absolute Gasteiger partial charge is 0.253 e. The number of methoxy groups -OCH3 is 2. The van der Waals surface area contributed by atoms with Crippen LogP contribution in [0.4, 0.5) is 17.1 Å². The van der Waals surface area contributed by atoms with Crippen LogP contribution in [0.25, 0.3) is 6.08 Å². The van der Waals surface area contributed by atoms with E-state index in [1.807, 2.05) is 60.7 Å². The third-order valence-electron chi connectivity index (χ3n) is 6.37. The van der Waals surface area contributed by atoms with Crippen LogP contribution in [0.15, 0.2) is 78.9 Å². The Hall–Kier alpha value is -4.30. The van der Waals surface area contributed by atoms with E-state index in [1.54, 1.807) is 26.4 Å². The van der Waals surface area contributed by atoms with Crippen LogP contribution < -0.4 is 25.2 Å². The molecule has 0 saturated carbocycles. The maximum absolute atomic E-state index is 13.2. The second kappa shape index (κ2) is 13.3. The number of carbonyl (C=O) groups is 2. The number of benzene rings is 3. The number of anilines is 3. The van der Waals surface area contributed by atoms with Gasteiger partial charge in [0.2, 0.25) is 5.91 Å². The Morgan fingerprint density at radius 1 is 0.868 bits per heavy atom. The van der Waals surface area contributed by atoms with Crippen LogP contribution in [0.2, 0.25) is 0 Å². The number of nitrogens with one attached hydrogen (secondary N) is 2. The van der Waals surface area contributed by atoms with Crippen LogP contribution >= 0.6 is 0 Å². The highest BCUT2D eigenvalue weighted by Gasteiger charge is 2.23. The van der Waals surface area contributed by atoms with Gasteiger partial charge in [0.25, 0.3) is 5.91 Å². The number of hydrogen-bond acceptors (Lipinski definition) is 6. The largest absolute Gasteiger partial charge is 0.495 e. The molecule has 1 fully saturated rings. The summed E-state index contributed by atoms with van der Waals surface area (Å²) in [6, 6.07) is 23.1. The highest BCUT2D eigenvalue weighted by molar-refractivity contribution is 6.05. The van der Waals surface area contributed by atoms with Crippen molar-refractivity contribution in [2.24, 2.45) is 0 Å². The zero-order valence-electron chi connectivity index (χ0n) is 21.9. The van der Waals surface area contributed by atoms with E-state index in [4.69, 9.17) is 9.47 Å². The van der Waals surface area contributed by atoms with Crippen molar-refractivity contribution in [1.29, 1.82) is 0 Å². The van der Waals surface area contributed by atoms with E-state index in [1.165, 1.54) is 6.08 Å². The quantitative estimate of drug-likeness (QED) is 0.314. The number of carbonyl (C=O) groups excluding carboxylic acids is 2. The number of piperazine rings is 1. The Morgan fingerprint density at radius 3 is 2.26 bits per heavy atom. The SMILES string of the molecule is COCCNC(=O)c1cc(NC(=O)C=Cc2ccccc2)ccc1N1CCN(c2ccccc2OC)CC1. The molecule has 198 valence electrons. The van der Waals surface area contributed by atoms with Crippen LogP contribution in [-0.4, -0.2) is 65.4 Å². The van der Waals surface area contributed by atoms with Gasteiger partial charge >= 0.3 is 0 Å². The van der Waals surface area contributed by atoms with Crippen LogP contribution in [-0.2, 0) is 9.53 Å². The van der Waals surface area contributed by atoms with E-state index >= 15 is 0 Å². The van der Waals surface area contributed by atoms with Gasteiger partial charge in [0.1, 0.15) is 5.75 Å². The van der Waals surface area contributed by atoms with Gasteiger partial charge in [0.05, 0.1) is 25.0 Å². The Bertz CT molecular complexity index is 1250. The van der Waals surface area contributed by atoms with Crippen molar-refractivity contribution in [3.05, 3.63) is 90.0 Å². The van der Waals surface area contributed by atoms with Gasteiger partial charge in [-0.25, -0.2) is 0 Å². The monoisotopic (exact) mass is 514 g/mol. The molecule has 3 aromatic rings. The predicted molar refractivity (Wildman–Crippen MR) is 152 cm³/mol. The molecular weight excluding hydrogens is 480 g/mol. The number of ether oxygens (including phenoxy) is 2. The van der Waals surface area contributed by atoms with Crippen molar-refractivity contribution in [2.45, 2.75) is 0 Å². The molecule has 2 N–H and O–H groups in total. The van der Waals surface area contributed by atoms with Crippen LogP contribution in [0, 0.1) is 0 Å². The van der Waals surface area contributed by atoms with Crippen molar-refractivity contribution < 1.29 is 19.1 Å². The number of amides is 2. The highest BCUT2D eigenvalue weighted by atomic mass is 16.5. The molecule has 2 amide bonds. The van der Waals surface area contributed by atoms with Crippen molar-refractivity contribution in [1.82, 2.24) is 5.32 Å². The molecule has 0 bridgehead atoms. The second-order valence-corrected chi connectivity index (χ2v) is 8.86. The average Bonchev–Trinajstić information content (AvgIpc) is 2.97. The lowest BCUT2D eigenvalue weighted by atomic mass is 10.1. The second-order valence-electron chi connectivity index (χ2n) is 8.86. The lowest BCUT2D eigenvalue weighted by Crippen LogP contribution is -2.47. The third-order valence-corrected chi connectivity index (χ3v) is 6.37. The summed E-state index contributed by atoms with van der Waals surface area (Å²) in [5, 5.41) is 5.79. The summed E-state index contributed by atoms with van der Waals surface area (Å²) in [6.45, 7) is 3.86. The zero-order chi connectivity index (χ0) is 26.7. The number of hydrogen-bond donors (Lipinski definition) is 2. The molecule has 1 aliphatic heterocycles. The molecule has 38 heavy (non-hydrogen) atoms. The molecule has 1 saturated heterocycles. The van der Waals surface area contributed by atoms with E-state index < -0.39 is 0 Å². The maximum atomic E-state index is 13.2. The fourth-order valence-electron chi connectivity index (χ4n) is 4.43. The van der Waals surface area contributed by atoms with Crippen molar-refractivity contribution >= 4 is 35.0 Å². The number of nitrogens with zero attached hydrogens (tertiary/aromatic N) is 2. The molecule has 0 aliphatic carbocycles. The van der Waals surface area contributed by atoms with E-state index in [0.717, 1.165) is 48.9 Å². The first-order chi connectivity index (χ1) is 18.6. The normalized spacial score (nSPS) is 13.4. The van der Waals surface area contributed by atoms with Crippen LogP contribution in [0.3, 0.4) is 0 Å². The molecule has 0 unspecified atom stereocenters. The third kappa shape index (κ3) is 6.92. The summed E-state index contributed by atoms with van der Waals surface area (Å²) < 4.78 is 10.6. The number of para-hydroxylation sites is 2. The molecule has 0 aromatic heterocycles. The van der Waals surface area contributed by atoms with Gasteiger partial charge in [0.15, 0.2) is 0 Å². The Kier molecular flexibility index (Phi) is 9.37. The highest BCUT2D eigenvalue weighted by Crippen LogP contribution is 2.31. The molecule has 1 aliphatic rings. The minimum atomic E-state index is -0.266. The molecule has 8 heteroatoms. The lowest BCUT2D eigenvalue weighted by Gasteiger charge is -2.38. The molecule has 1 heterocycles. The first kappa shape index (κ1) is 26.8. The summed E-state index contributed by atoms with van der Waals surface area (Å²) in [7, 11) is 3.28. The summed E-state index contributed by atoms with van der Waals surface area (Å²) in [4.78, 5) is 30.2. The lowest BCUT2D eigenvalue weighted by molar-refractivity contribution is -0.111. The van der Waals surface area contributed by atoms with Gasteiger partial charge in [-0.15, -0.1) is 0 Å². The van der Waals surface area contributed by atoms with E-state index in [2.05, 4.69) is 26.5 Å². The molecule has 0 atom stereocenters. The Morgan fingerprint density at radius 2 is 1.55 bits per heavy atom. The predicted octanol–water partition coefficient (Wildman–Crippen LogP) is 4.05. The standard InChI is InChI=1S/C30H34N4O4/c1-37-21-16-31-30(36)25-22-24(32-29(35)15-12-23-8-4-3-5-9-23)13-14-26(25)33-17-19-34(20-18-33)27-10-6-7-11-28(27)38-2/h3-15,22H,16-21H2,1-2H3,(H,31,36)(H,32,35). The first-order valence-electron chi connectivity index (χ1n) is 12.7. The van der Waals surface area contributed by atoms with E-state index in [9.17, 15) is 9.59 Å². The summed E-state index contributed by atoms with van der Waals surface area (Å²) >= 11 is 0. The van der Waals surface area contributed by atoms with Crippen LogP contribution in [0.5, 0.6) is 5.75 Å². The topological polar surface area (TPSA) is 83.1 Å². The molecule has 4 rings (SSSR count). The molecule has 0 radical (unpaired) electrons. The molecule has 3 aromatic carbocycles. The van der Waals surface area contributed by atoms with E-state index in [0.29, 0.717) is 24.4 Å². The van der Waals surface area contributed by atoms with Gasteiger partial charge in [-0.3, -0.25) is 9.59 Å². The zero-order valence-corrected chi connectivity index (χ0v) is 21.9. The summed E-state index contributed by atoms with van der Waals surface area (Å²) in [5.41, 5.74) is 3.90. The first-order valence-corrected chi connectivity index (χ1v) is 12.7. The minimum Gasteiger partial charge on any atom is -0.495 e. The van der Waals surface area contributed by atoms with Gasteiger partial charge < -0.3 is 29.9 Å². The Labute approximate surface area is 223 Å². The summed E-state index contributed by atoms with van der Waals surface area (Å²) in [5.74, 6) is 0.374. The van der Waals surface area contributed by atoms with Gasteiger partial charge in [-0.2, -0.15) is 0 Å². The van der Waals surface area contributed by atoms with Crippen molar-refractivity contribution in [3.63, 3.8) is 0 Å². The van der Waals surface area contributed by atoms with Crippen LogP contribution in [0.1, 0.15) is 15.9 Å². The van der Waals surface area contributed by atoms with Crippen molar-refractivity contribution in [2.75, 3.05) is 68.7 Å².